The van der Waals surface area contributed by atoms with Crippen LogP contribution in [0.5, 0.6) is 0 Å². The Labute approximate surface area is 125 Å². The molecule has 1 atom stereocenters. The van der Waals surface area contributed by atoms with E-state index in [4.69, 9.17) is 5.11 Å². The highest BCUT2D eigenvalue weighted by Crippen LogP contribution is 2.20. The van der Waals surface area contributed by atoms with Crippen molar-refractivity contribution in [3.05, 3.63) is 40.3 Å². The highest BCUT2D eigenvalue weighted by atomic mass is 16.4. The Bertz CT molecular complexity index is 799. The third kappa shape index (κ3) is 2.45. The van der Waals surface area contributed by atoms with E-state index in [1.807, 2.05) is 0 Å². The number of aromatic amines is 1. The first kappa shape index (κ1) is 14.2. The molecule has 1 aliphatic heterocycles. The van der Waals surface area contributed by atoms with Gasteiger partial charge in [-0.05, 0) is 18.9 Å². The molecule has 2 N–H and O–H groups in total. The molecule has 0 bridgehead atoms. The van der Waals surface area contributed by atoms with Crippen LogP contribution in [0.3, 0.4) is 0 Å². The van der Waals surface area contributed by atoms with Gasteiger partial charge in [-0.2, -0.15) is 5.10 Å². The summed E-state index contributed by atoms with van der Waals surface area (Å²) in [5, 5.41) is 16.2. The van der Waals surface area contributed by atoms with Gasteiger partial charge in [0.25, 0.3) is 11.5 Å². The Morgan fingerprint density at radius 1 is 1.27 bits per heavy atom. The van der Waals surface area contributed by atoms with E-state index in [0.29, 0.717) is 30.2 Å². The minimum atomic E-state index is -0.892. The molecular formula is C15H15N3O4. The Hall–Kier alpha value is -2.70. The number of carbonyl (C=O) groups is 2. The predicted molar refractivity (Wildman–Crippen MR) is 78.6 cm³/mol. The second kappa shape index (κ2) is 5.59. The Morgan fingerprint density at radius 2 is 2.00 bits per heavy atom. The van der Waals surface area contributed by atoms with Crippen molar-refractivity contribution < 1.29 is 14.7 Å². The molecule has 3 rings (SSSR count). The van der Waals surface area contributed by atoms with Crippen LogP contribution in [-0.2, 0) is 4.79 Å². The number of piperidine rings is 1. The zero-order chi connectivity index (χ0) is 15.7. The number of fused-ring (bicyclic) bond motifs is 1. The van der Waals surface area contributed by atoms with E-state index in [-0.39, 0.29) is 23.7 Å². The number of H-pyrrole nitrogens is 1. The van der Waals surface area contributed by atoms with E-state index in [9.17, 15) is 14.4 Å². The summed E-state index contributed by atoms with van der Waals surface area (Å²) in [4.78, 5) is 37.0. The Kier molecular flexibility index (Phi) is 3.62. The first-order valence-electron chi connectivity index (χ1n) is 7.07. The molecule has 1 aromatic carbocycles. The first-order chi connectivity index (χ1) is 10.6. The van der Waals surface area contributed by atoms with Crippen LogP contribution in [0.2, 0.25) is 0 Å². The molecule has 1 aliphatic rings. The average molecular weight is 301 g/mol. The molecule has 1 aromatic heterocycles. The number of hydrogen-bond donors (Lipinski definition) is 2. The molecule has 1 fully saturated rings. The third-order valence-corrected chi connectivity index (χ3v) is 3.96. The van der Waals surface area contributed by atoms with Crippen molar-refractivity contribution in [1.82, 2.24) is 15.1 Å². The van der Waals surface area contributed by atoms with Crippen molar-refractivity contribution in [3.63, 3.8) is 0 Å². The SMILES string of the molecule is O=C(O)C1CCCN(C(=O)c2n[nH]c(=O)c3ccccc23)C1. The largest absolute Gasteiger partial charge is 0.481 e. The minimum absolute atomic E-state index is 0.154. The monoisotopic (exact) mass is 301 g/mol. The molecule has 2 aromatic rings. The van der Waals surface area contributed by atoms with Gasteiger partial charge >= 0.3 is 5.97 Å². The van der Waals surface area contributed by atoms with Gasteiger partial charge in [-0.25, -0.2) is 5.10 Å². The van der Waals surface area contributed by atoms with E-state index in [1.54, 1.807) is 24.3 Å². The molecular weight excluding hydrogens is 286 g/mol. The van der Waals surface area contributed by atoms with Crippen molar-refractivity contribution in [1.29, 1.82) is 0 Å². The lowest BCUT2D eigenvalue weighted by molar-refractivity contribution is -0.143. The molecule has 1 saturated heterocycles. The van der Waals surface area contributed by atoms with Gasteiger partial charge in [-0.3, -0.25) is 14.4 Å². The minimum Gasteiger partial charge on any atom is -0.481 e. The number of amides is 1. The van der Waals surface area contributed by atoms with Crippen molar-refractivity contribution in [2.45, 2.75) is 12.8 Å². The quantitative estimate of drug-likeness (QED) is 0.856. The summed E-state index contributed by atoms with van der Waals surface area (Å²) < 4.78 is 0. The second-order valence-electron chi connectivity index (χ2n) is 5.38. The fourth-order valence-corrected chi connectivity index (χ4v) is 2.79. The van der Waals surface area contributed by atoms with E-state index in [2.05, 4.69) is 10.2 Å². The lowest BCUT2D eigenvalue weighted by Crippen LogP contribution is -2.42. The van der Waals surface area contributed by atoms with Crippen LogP contribution in [-0.4, -0.2) is 45.2 Å². The summed E-state index contributed by atoms with van der Waals surface area (Å²) in [6.07, 6.45) is 1.21. The van der Waals surface area contributed by atoms with Crippen molar-refractivity contribution >= 4 is 22.6 Å². The highest BCUT2D eigenvalue weighted by Gasteiger charge is 2.30. The van der Waals surface area contributed by atoms with Crippen LogP contribution < -0.4 is 5.56 Å². The number of benzene rings is 1. The number of aliphatic carboxylic acids is 1. The Balaban J connectivity index is 1.97. The molecule has 0 saturated carbocycles. The third-order valence-electron chi connectivity index (χ3n) is 3.96. The second-order valence-corrected chi connectivity index (χ2v) is 5.38. The molecule has 22 heavy (non-hydrogen) atoms. The molecule has 2 heterocycles. The van der Waals surface area contributed by atoms with Gasteiger partial charge in [0.2, 0.25) is 0 Å². The zero-order valence-electron chi connectivity index (χ0n) is 11.8. The number of rotatable bonds is 2. The Morgan fingerprint density at radius 3 is 2.73 bits per heavy atom. The van der Waals surface area contributed by atoms with E-state index < -0.39 is 11.9 Å². The molecule has 0 radical (unpaired) electrons. The zero-order valence-corrected chi connectivity index (χ0v) is 11.8. The molecule has 114 valence electrons. The number of nitrogens with one attached hydrogen (secondary N) is 1. The first-order valence-corrected chi connectivity index (χ1v) is 7.07. The number of carbonyl (C=O) groups excluding carboxylic acids is 1. The molecule has 0 spiro atoms. The number of aromatic nitrogens is 2. The molecule has 7 heteroatoms. The van der Waals surface area contributed by atoms with E-state index in [0.717, 1.165) is 0 Å². The summed E-state index contributed by atoms with van der Waals surface area (Å²) in [5.74, 6) is -1.79. The van der Waals surface area contributed by atoms with Gasteiger partial charge in [0, 0.05) is 18.5 Å². The van der Waals surface area contributed by atoms with Gasteiger partial charge in [0.05, 0.1) is 11.3 Å². The van der Waals surface area contributed by atoms with Gasteiger partial charge in [-0.1, -0.05) is 18.2 Å². The summed E-state index contributed by atoms with van der Waals surface area (Å²) in [6.45, 7) is 0.668. The summed E-state index contributed by atoms with van der Waals surface area (Å²) in [7, 11) is 0. The number of nitrogens with zero attached hydrogens (tertiary/aromatic N) is 2. The maximum atomic E-state index is 12.6. The van der Waals surface area contributed by atoms with Crippen LogP contribution in [0.25, 0.3) is 10.8 Å². The summed E-state index contributed by atoms with van der Waals surface area (Å²) in [5.41, 5.74) is -0.199. The highest BCUT2D eigenvalue weighted by molar-refractivity contribution is 6.04. The fourth-order valence-electron chi connectivity index (χ4n) is 2.79. The number of carboxylic acids is 1. The normalized spacial score (nSPS) is 18.4. The smallest absolute Gasteiger partial charge is 0.308 e. The lowest BCUT2D eigenvalue weighted by atomic mass is 9.98. The van der Waals surface area contributed by atoms with Gasteiger partial charge < -0.3 is 10.0 Å². The van der Waals surface area contributed by atoms with Gasteiger partial charge in [-0.15, -0.1) is 0 Å². The van der Waals surface area contributed by atoms with Crippen molar-refractivity contribution in [2.75, 3.05) is 13.1 Å². The summed E-state index contributed by atoms with van der Waals surface area (Å²) in [6, 6.07) is 6.75. The van der Waals surface area contributed by atoms with Gasteiger partial charge in [0.15, 0.2) is 5.69 Å². The topological polar surface area (TPSA) is 103 Å². The molecule has 1 unspecified atom stereocenters. The van der Waals surface area contributed by atoms with E-state index >= 15 is 0 Å². The maximum Gasteiger partial charge on any atom is 0.308 e. The van der Waals surface area contributed by atoms with Crippen LogP contribution in [0.1, 0.15) is 23.3 Å². The predicted octanol–water partition coefficient (Wildman–Crippen LogP) is 0.860. The van der Waals surface area contributed by atoms with Crippen LogP contribution in [0.15, 0.2) is 29.1 Å². The van der Waals surface area contributed by atoms with Gasteiger partial charge in [0.1, 0.15) is 0 Å². The summed E-state index contributed by atoms with van der Waals surface area (Å²) >= 11 is 0. The number of carboxylic acid groups (broad SMARTS) is 1. The molecule has 7 nitrogen and oxygen atoms in total. The average Bonchev–Trinajstić information content (AvgIpc) is 2.55. The van der Waals surface area contributed by atoms with Crippen LogP contribution in [0.4, 0.5) is 0 Å². The van der Waals surface area contributed by atoms with Crippen molar-refractivity contribution in [3.8, 4) is 0 Å². The standard InChI is InChI=1S/C15H15N3O4/c19-13-11-6-2-1-5-10(11)12(16-17-13)14(20)18-7-3-4-9(8-18)15(21)22/h1-2,5-6,9H,3-4,7-8H2,(H,17,19)(H,21,22). The molecule has 1 amide bonds. The van der Waals surface area contributed by atoms with Crippen LogP contribution >= 0.6 is 0 Å². The number of hydrogen-bond acceptors (Lipinski definition) is 4. The lowest BCUT2D eigenvalue weighted by Gasteiger charge is -2.30. The van der Waals surface area contributed by atoms with E-state index in [1.165, 1.54) is 4.90 Å². The maximum absolute atomic E-state index is 12.6. The van der Waals surface area contributed by atoms with Crippen LogP contribution in [0, 0.1) is 5.92 Å². The fraction of sp³-hybridized carbons (Fsp3) is 0.333. The molecule has 0 aliphatic carbocycles. The van der Waals surface area contributed by atoms with Crippen molar-refractivity contribution in [2.24, 2.45) is 5.92 Å². The number of likely N-dealkylation sites (tertiary alicyclic amines) is 1.